The molecule has 2 aromatic rings. The number of sulfonamides is 1. The third-order valence-electron chi connectivity index (χ3n) is 11.5. The molecule has 16 heteroatoms. The Labute approximate surface area is 313 Å². The van der Waals surface area contributed by atoms with E-state index in [1.54, 1.807) is 58.0 Å². The second-order valence-corrected chi connectivity index (χ2v) is 18.3. The number of alkyl carbamates (subject to hydrolysis) is 1. The summed E-state index contributed by atoms with van der Waals surface area (Å²) in [5, 5.41) is 5.63. The number of para-hydroxylation sites is 1. The molecule has 54 heavy (non-hydrogen) atoms. The number of alkyl halides is 2. The summed E-state index contributed by atoms with van der Waals surface area (Å²) in [6, 6.07) is 3.93. The molecule has 1 unspecified atom stereocenters. The summed E-state index contributed by atoms with van der Waals surface area (Å²) in [5.41, 5.74) is -3.15. The molecule has 2 saturated carbocycles. The first-order valence-electron chi connectivity index (χ1n) is 18.7. The largest absolute Gasteiger partial charge is 0.483 e. The smallest absolute Gasteiger partial charge is 0.408 e. The topological polar surface area (TPSA) is 173 Å². The number of rotatable bonds is 5. The van der Waals surface area contributed by atoms with E-state index in [1.807, 2.05) is 6.08 Å². The van der Waals surface area contributed by atoms with Gasteiger partial charge in [-0.05, 0) is 72.3 Å². The van der Waals surface area contributed by atoms with Crippen LogP contribution >= 0.6 is 0 Å². The number of hydrogen-bond acceptors (Lipinski definition) is 9. The number of halogens is 2. The van der Waals surface area contributed by atoms with Gasteiger partial charge in [0, 0.05) is 17.7 Å². The molecule has 7 rings (SSSR count). The number of hydrogen-bond donors (Lipinski definition) is 3. The number of ether oxygens (including phenoxy) is 2. The molecule has 1 aromatic heterocycles. The maximum Gasteiger partial charge on any atom is 0.408 e. The van der Waals surface area contributed by atoms with Crippen LogP contribution < -0.4 is 20.1 Å². The molecule has 4 amide bonds. The normalized spacial score (nSPS) is 30.8. The molecule has 1 spiro atoms. The van der Waals surface area contributed by atoms with E-state index in [0.29, 0.717) is 37.6 Å². The van der Waals surface area contributed by atoms with Crippen molar-refractivity contribution in [3.63, 3.8) is 0 Å². The maximum absolute atomic E-state index is 16.6. The van der Waals surface area contributed by atoms with E-state index in [4.69, 9.17) is 9.47 Å². The molecule has 5 atom stereocenters. The number of nitrogens with one attached hydrogen (secondary N) is 3. The van der Waals surface area contributed by atoms with E-state index in [9.17, 15) is 27.6 Å². The first-order chi connectivity index (χ1) is 25.4. The van der Waals surface area contributed by atoms with Crippen LogP contribution in [0.15, 0.2) is 36.4 Å². The van der Waals surface area contributed by atoms with Gasteiger partial charge in [0.15, 0.2) is 5.75 Å². The van der Waals surface area contributed by atoms with Gasteiger partial charge in [0.25, 0.3) is 11.8 Å². The van der Waals surface area contributed by atoms with Crippen LogP contribution in [0.5, 0.6) is 5.75 Å². The van der Waals surface area contributed by atoms with E-state index >= 15 is 8.78 Å². The monoisotopic (exact) mass is 771 g/mol. The maximum atomic E-state index is 16.6. The molecule has 3 aliphatic heterocycles. The van der Waals surface area contributed by atoms with Crippen LogP contribution in [-0.2, 0) is 35.1 Å². The van der Waals surface area contributed by atoms with Gasteiger partial charge >= 0.3 is 6.09 Å². The molecular formula is C38H47F2N5O8S. The van der Waals surface area contributed by atoms with Crippen LogP contribution in [0.4, 0.5) is 13.6 Å². The highest BCUT2D eigenvalue weighted by molar-refractivity contribution is 7.91. The summed E-state index contributed by atoms with van der Waals surface area (Å²) in [7, 11) is -4.07. The molecule has 0 bridgehead atoms. The summed E-state index contributed by atoms with van der Waals surface area (Å²) in [6.07, 6.45) is 4.72. The molecule has 5 aliphatic rings. The predicted octanol–water partition coefficient (Wildman–Crippen LogP) is 4.65. The first-order valence-corrected chi connectivity index (χ1v) is 20.2. The lowest BCUT2D eigenvalue weighted by Gasteiger charge is -2.40. The van der Waals surface area contributed by atoms with Gasteiger partial charge < -0.3 is 25.0 Å². The fourth-order valence-electron chi connectivity index (χ4n) is 8.13. The van der Waals surface area contributed by atoms with Crippen molar-refractivity contribution in [3.8, 4) is 5.75 Å². The average Bonchev–Trinajstić information content (AvgIpc) is 3.97. The minimum atomic E-state index is -4.07. The van der Waals surface area contributed by atoms with Gasteiger partial charge in [-0.25, -0.2) is 27.0 Å². The third kappa shape index (κ3) is 6.90. The number of pyridine rings is 1. The number of amides is 4. The number of fused-ring (bicyclic) bond motifs is 5. The Bertz CT molecular complexity index is 2040. The van der Waals surface area contributed by atoms with Crippen molar-refractivity contribution in [3.05, 3.63) is 47.7 Å². The van der Waals surface area contributed by atoms with Crippen molar-refractivity contribution in [2.75, 3.05) is 6.54 Å². The summed E-state index contributed by atoms with van der Waals surface area (Å²) in [4.78, 5) is 61.5. The Morgan fingerprint density at radius 3 is 2.57 bits per heavy atom. The molecule has 1 saturated heterocycles. The highest BCUT2D eigenvalue weighted by Gasteiger charge is 2.65. The SMILES string of the molecule is Cc1nc2ccccc2c2c1O[C@@]1(C[C@H]3C(=O)N[C@]4(C(=O)NS(=O)(=O)C5(C)CC5)CC4/C=C\CCCCC[C@H](NC(=O)OC(C)C)C(=O)N3C1)CC2(F)F. The lowest BCUT2D eigenvalue weighted by atomic mass is 9.84. The van der Waals surface area contributed by atoms with E-state index in [1.165, 1.54) is 0 Å². The Morgan fingerprint density at radius 2 is 1.85 bits per heavy atom. The number of carbonyl (C=O) groups is 4. The number of carbonyl (C=O) groups excluding carboxylic acids is 4. The van der Waals surface area contributed by atoms with Crippen LogP contribution in [0.1, 0.15) is 96.2 Å². The molecule has 4 heterocycles. The summed E-state index contributed by atoms with van der Waals surface area (Å²) in [5.74, 6) is -6.55. The number of nitrogens with zero attached hydrogens (tertiary/aromatic N) is 2. The summed E-state index contributed by atoms with van der Waals surface area (Å²) >= 11 is 0. The van der Waals surface area contributed by atoms with Gasteiger partial charge in [0.1, 0.15) is 23.2 Å². The van der Waals surface area contributed by atoms with E-state index in [-0.39, 0.29) is 41.7 Å². The summed E-state index contributed by atoms with van der Waals surface area (Å²) in [6.45, 7) is 5.98. The van der Waals surface area contributed by atoms with Gasteiger partial charge in [-0.2, -0.15) is 0 Å². The van der Waals surface area contributed by atoms with Crippen LogP contribution in [-0.4, -0.2) is 82.7 Å². The molecule has 13 nitrogen and oxygen atoms in total. The van der Waals surface area contributed by atoms with E-state index in [2.05, 4.69) is 20.3 Å². The van der Waals surface area contributed by atoms with Crippen molar-refractivity contribution >= 4 is 44.7 Å². The van der Waals surface area contributed by atoms with Gasteiger partial charge in [-0.1, -0.05) is 43.2 Å². The zero-order chi connectivity index (χ0) is 38.8. The van der Waals surface area contributed by atoms with Gasteiger partial charge in [0.05, 0.1) is 40.6 Å². The van der Waals surface area contributed by atoms with E-state index in [0.717, 1.165) is 11.3 Å². The van der Waals surface area contributed by atoms with Gasteiger partial charge in [-0.3, -0.25) is 19.1 Å². The number of aromatic nitrogens is 1. The Balaban J connectivity index is 1.27. The molecule has 0 radical (unpaired) electrons. The highest BCUT2D eigenvalue weighted by Crippen LogP contribution is 2.54. The quantitative estimate of drug-likeness (QED) is 0.366. The average molecular weight is 772 g/mol. The second-order valence-electron chi connectivity index (χ2n) is 16.1. The Hall–Kier alpha value is -4.34. The predicted molar refractivity (Wildman–Crippen MR) is 193 cm³/mol. The molecule has 2 aliphatic carbocycles. The highest BCUT2D eigenvalue weighted by atomic mass is 32.2. The van der Waals surface area contributed by atoms with E-state index < -0.39 is 92.7 Å². The van der Waals surface area contributed by atoms with Crippen molar-refractivity contribution < 1.29 is 45.9 Å². The van der Waals surface area contributed by atoms with Crippen molar-refractivity contribution in [1.29, 1.82) is 0 Å². The minimum absolute atomic E-state index is 0.101. The molecule has 3 fully saturated rings. The number of allylic oxidation sites excluding steroid dienone is 1. The van der Waals surface area contributed by atoms with Gasteiger partial charge in [-0.15, -0.1) is 0 Å². The van der Waals surface area contributed by atoms with Gasteiger partial charge in [0.2, 0.25) is 21.8 Å². The fourth-order valence-corrected chi connectivity index (χ4v) is 9.44. The Kier molecular flexibility index (Phi) is 9.45. The minimum Gasteiger partial charge on any atom is -0.483 e. The molecule has 3 N–H and O–H groups in total. The number of aryl methyl sites for hydroxylation is 1. The van der Waals surface area contributed by atoms with Crippen LogP contribution in [0.2, 0.25) is 0 Å². The summed E-state index contributed by atoms with van der Waals surface area (Å²) < 4.78 is 72.3. The lowest BCUT2D eigenvalue weighted by Crippen LogP contribution is -2.58. The van der Waals surface area contributed by atoms with Crippen molar-refractivity contribution in [1.82, 2.24) is 25.2 Å². The third-order valence-corrected chi connectivity index (χ3v) is 13.7. The van der Waals surface area contributed by atoms with Crippen LogP contribution in [0, 0.1) is 12.8 Å². The fraction of sp³-hybridized carbons (Fsp3) is 0.605. The van der Waals surface area contributed by atoms with Crippen molar-refractivity contribution in [2.24, 2.45) is 5.92 Å². The molecule has 1 aromatic carbocycles. The zero-order valence-corrected chi connectivity index (χ0v) is 31.7. The van der Waals surface area contributed by atoms with Crippen LogP contribution in [0.25, 0.3) is 10.9 Å². The number of benzene rings is 1. The lowest BCUT2D eigenvalue weighted by molar-refractivity contribution is -0.141. The van der Waals surface area contributed by atoms with Crippen LogP contribution in [0.3, 0.4) is 0 Å². The van der Waals surface area contributed by atoms with Crippen molar-refractivity contribution in [2.45, 2.75) is 132 Å². The molecule has 292 valence electrons. The molecular weight excluding hydrogens is 725 g/mol. The standard InChI is InChI=1S/C38H47F2N5O8S/c1-22(2)52-34(49)42-27-15-9-7-5-6-8-12-24-18-37(24,33(48)44-54(50,51)35(4)16-17-35)43-31(46)28-19-36(21-45(28)32(27)47)20-38(39,40)29-25-13-10-11-14-26(25)41-23(3)30(29)53-36/h8,10-14,22,24,27-28H,5-7,9,15-21H2,1-4H3,(H,42,49)(H,43,46)(H,44,48)/b12-8-/t24?,27-,28-,36-,37+/m0/s1. The zero-order valence-electron chi connectivity index (χ0n) is 30.9. The second kappa shape index (κ2) is 13.4. The Morgan fingerprint density at radius 1 is 1.11 bits per heavy atom. The first kappa shape index (κ1) is 38.0.